The van der Waals surface area contributed by atoms with Crippen LogP contribution in [0.15, 0.2) is 42.5 Å². The summed E-state index contributed by atoms with van der Waals surface area (Å²) in [7, 11) is 0. The minimum Gasteiger partial charge on any atom is -0.399 e. The number of nitrogens with two attached hydrogens (primary N) is 1. The Morgan fingerprint density at radius 2 is 1.95 bits per heavy atom. The molecule has 0 bridgehead atoms. The summed E-state index contributed by atoms with van der Waals surface area (Å²) in [6.45, 7) is 4.80. The molecule has 104 valence electrons. The lowest BCUT2D eigenvalue weighted by Crippen LogP contribution is -2.25. The zero-order valence-electron chi connectivity index (χ0n) is 11.9. The Kier molecular flexibility index (Phi) is 4.41. The number of hydrogen-bond acceptors (Lipinski definition) is 2. The maximum Gasteiger partial charge on any atom is 0.251 e. The fourth-order valence-electron chi connectivity index (χ4n) is 2.22. The second-order valence-electron chi connectivity index (χ2n) is 5.06. The molecule has 20 heavy (non-hydrogen) atoms. The minimum absolute atomic E-state index is 0.0814. The largest absolute Gasteiger partial charge is 0.399 e. The second kappa shape index (κ2) is 6.24. The van der Waals surface area contributed by atoms with Gasteiger partial charge in [-0.2, -0.15) is 0 Å². The number of nitrogens with one attached hydrogen (secondary N) is 1. The molecule has 0 aliphatic rings. The normalized spacial score (nSPS) is 10.3. The van der Waals surface area contributed by atoms with Crippen LogP contribution in [0.1, 0.15) is 27.0 Å². The first-order valence-corrected chi connectivity index (χ1v) is 6.76. The number of nitrogen functional groups attached to an aromatic ring is 1. The Bertz CT molecular complexity index is 620. The third-order valence-corrected chi connectivity index (χ3v) is 3.33. The van der Waals surface area contributed by atoms with Gasteiger partial charge in [-0.05, 0) is 49.6 Å². The molecule has 0 fully saturated rings. The van der Waals surface area contributed by atoms with Crippen LogP contribution >= 0.6 is 0 Å². The maximum atomic E-state index is 12.0. The van der Waals surface area contributed by atoms with Crippen LogP contribution in [-0.4, -0.2) is 12.5 Å². The van der Waals surface area contributed by atoms with Gasteiger partial charge in [0.15, 0.2) is 0 Å². The third kappa shape index (κ3) is 3.60. The number of hydrogen-bond donors (Lipinski definition) is 2. The molecule has 0 unspecified atom stereocenters. The smallest absolute Gasteiger partial charge is 0.251 e. The average molecular weight is 268 g/mol. The molecule has 3 N–H and O–H groups in total. The fraction of sp³-hybridized carbons (Fsp3) is 0.235. The summed E-state index contributed by atoms with van der Waals surface area (Å²) in [5, 5.41) is 2.92. The van der Waals surface area contributed by atoms with Gasteiger partial charge in [0.25, 0.3) is 5.91 Å². The van der Waals surface area contributed by atoms with Crippen molar-refractivity contribution in [3.05, 3.63) is 64.7 Å². The molecule has 2 rings (SSSR count). The van der Waals surface area contributed by atoms with Gasteiger partial charge in [0.1, 0.15) is 0 Å². The molecule has 3 nitrogen and oxygen atoms in total. The summed E-state index contributed by atoms with van der Waals surface area (Å²) in [6.07, 6.45) is 0.834. The number of carbonyl (C=O) groups is 1. The highest BCUT2D eigenvalue weighted by molar-refractivity contribution is 5.94. The molecule has 2 aromatic carbocycles. The topological polar surface area (TPSA) is 55.1 Å². The third-order valence-electron chi connectivity index (χ3n) is 3.33. The number of anilines is 1. The van der Waals surface area contributed by atoms with E-state index >= 15 is 0 Å². The zero-order valence-corrected chi connectivity index (χ0v) is 11.9. The summed E-state index contributed by atoms with van der Waals surface area (Å²) in [6, 6.07) is 13.4. The molecule has 0 aromatic heterocycles. The van der Waals surface area contributed by atoms with E-state index in [0.29, 0.717) is 17.8 Å². The molecule has 0 aliphatic heterocycles. The molecule has 0 atom stereocenters. The van der Waals surface area contributed by atoms with Gasteiger partial charge in [-0.15, -0.1) is 0 Å². The van der Waals surface area contributed by atoms with Crippen LogP contribution in [0.4, 0.5) is 5.69 Å². The van der Waals surface area contributed by atoms with Crippen LogP contribution < -0.4 is 11.1 Å². The monoisotopic (exact) mass is 268 g/mol. The fourth-order valence-corrected chi connectivity index (χ4v) is 2.22. The highest BCUT2D eigenvalue weighted by Gasteiger charge is 2.05. The summed E-state index contributed by atoms with van der Waals surface area (Å²) < 4.78 is 0. The van der Waals surface area contributed by atoms with Crippen LogP contribution in [0.2, 0.25) is 0 Å². The van der Waals surface area contributed by atoms with E-state index in [9.17, 15) is 4.79 Å². The quantitative estimate of drug-likeness (QED) is 0.838. The first-order chi connectivity index (χ1) is 9.56. The van der Waals surface area contributed by atoms with Gasteiger partial charge in [0, 0.05) is 17.8 Å². The van der Waals surface area contributed by atoms with Gasteiger partial charge < -0.3 is 11.1 Å². The van der Waals surface area contributed by atoms with Crippen molar-refractivity contribution in [2.45, 2.75) is 20.3 Å². The van der Waals surface area contributed by atoms with Crippen molar-refractivity contribution in [2.75, 3.05) is 12.3 Å². The van der Waals surface area contributed by atoms with E-state index < -0.39 is 0 Å². The predicted molar refractivity (Wildman–Crippen MR) is 82.8 cm³/mol. The van der Waals surface area contributed by atoms with E-state index in [4.69, 9.17) is 5.73 Å². The second-order valence-corrected chi connectivity index (χ2v) is 5.06. The first-order valence-electron chi connectivity index (χ1n) is 6.76. The Hall–Kier alpha value is -2.29. The van der Waals surface area contributed by atoms with Crippen LogP contribution in [0.5, 0.6) is 0 Å². The Morgan fingerprint density at radius 1 is 1.15 bits per heavy atom. The molecule has 0 aliphatic carbocycles. The van der Waals surface area contributed by atoms with Crippen molar-refractivity contribution in [3.8, 4) is 0 Å². The number of benzene rings is 2. The molecule has 0 spiro atoms. The van der Waals surface area contributed by atoms with E-state index in [-0.39, 0.29) is 5.91 Å². The Labute approximate surface area is 119 Å². The molecule has 3 heteroatoms. The van der Waals surface area contributed by atoms with E-state index in [1.807, 2.05) is 0 Å². The van der Waals surface area contributed by atoms with Gasteiger partial charge >= 0.3 is 0 Å². The molecule has 1 amide bonds. The Balaban J connectivity index is 1.91. The standard InChI is InChI=1S/C17H20N2O/c1-12-6-7-14(13(2)10-12)8-9-19-17(20)15-4-3-5-16(18)11-15/h3-7,10-11H,8-9,18H2,1-2H3,(H,19,20). The van der Waals surface area contributed by atoms with E-state index in [0.717, 1.165) is 6.42 Å². The lowest BCUT2D eigenvalue weighted by molar-refractivity contribution is 0.0954. The van der Waals surface area contributed by atoms with Gasteiger partial charge in [-0.1, -0.05) is 29.8 Å². The van der Waals surface area contributed by atoms with Crippen LogP contribution in [0.25, 0.3) is 0 Å². The van der Waals surface area contributed by atoms with Crippen molar-refractivity contribution in [3.63, 3.8) is 0 Å². The minimum atomic E-state index is -0.0814. The highest BCUT2D eigenvalue weighted by atomic mass is 16.1. The molecular formula is C17H20N2O. The molecule has 0 saturated heterocycles. The molecule has 2 aromatic rings. The SMILES string of the molecule is Cc1ccc(CCNC(=O)c2cccc(N)c2)c(C)c1. The molecule has 0 heterocycles. The van der Waals surface area contributed by atoms with Crippen molar-refractivity contribution < 1.29 is 4.79 Å². The van der Waals surface area contributed by atoms with Crippen molar-refractivity contribution in [1.82, 2.24) is 5.32 Å². The lowest BCUT2D eigenvalue weighted by atomic mass is 10.0. The van der Waals surface area contributed by atoms with Crippen LogP contribution in [-0.2, 0) is 6.42 Å². The lowest BCUT2D eigenvalue weighted by Gasteiger charge is -2.09. The number of rotatable bonds is 4. The summed E-state index contributed by atoms with van der Waals surface area (Å²) in [5.41, 5.74) is 10.7. The average Bonchev–Trinajstić information content (AvgIpc) is 2.41. The molecule has 0 radical (unpaired) electrons. The van der Waals surface area contributed by atoms with Gasteiger partial charge in [0.05, 0.1) is 0 Å². The first kappa shape index (κ1) is 14.1. The van der Waals surface area contributed by atoms with Crippen LogP contribution in [0, 0.1) is 13.8 Å². The number of amides is 1. The van der Waals surface area contributed by atoms with Crippen molar-refractivity contribution in [1.29, 1.82) is 0 Å². The highest BCUT2D eigenvalue weighted by Crippen LogP contribution is 2.11. The summed E-state index contributed by atoms with van der Waals surface area (Å²) in [5.74, 6) is -0.0814. The van der Waals surface area contributed by atoms with E-state index in [1.165, 1.54) is 16.7 Å². The zero-order chi connectivity index (χ0) is 14.5. The van der Waals surface area contributed by atoms with Gasteiger partial charge in [-0.3, -0.25) is 4.79 Å². The van der Waals surface area contributed by atoms with Crippen molar-refractivity contribution in [2.24, 2.45) is 0 Å². The summed E-state index contributed by atoms with van der Waals surface area (Å²) in [4.78, 5) is 12.0. The van der Waals surface area contributed by atoms with Crippen molar-refractivity contribution >= 4 is 11.6 Å². The van der Waals surface area contributed by atoms with Gasteiger partial charge in [0.2, 0.25) is 0 Å². The Morgan fingerprint density at radius 3 is 2.65 bits per heavy atom. The molecular weight excluding hydrogens is 248 g/mol. The van der Waals surface area contributed by atoms with E-state index in [1.54, 1.807) is 24.3 Å². The molecule has 0 saturated carbocycles. The number of aryl methyl sites for hydroxylation is 2. The van der Waals surface area contributed by atoms with Gasteiger partial charge in [-0.25, -0.2) is 0 Å². The van der Waals surface area contributed by atoms with E-state index in [2.05, 4.69) is 37.4 Å². The number of carbonyl (C=O) groups excluding carboxylic acids is 1. The van der Waals surface area contributed by atoms with Crippen LogP contribution in [0.3, 0.4) is 0 Å². The maximum absolute atomic E-state index is 12.0. The predicted octanol–water partition coefficient (Wildman–Crippen LogP) is 2.86. The summed E-state index contributed by atoms with van der Waals surface area (Å²) >= 11 is 0.